The van der Waals surface area contributed by atoms with Gasteiger partial charge < -0.3 is 19.3 Å². The average molecular weight is 420 g/mol. The van der Waals surface area contributed by atoms with Crippen molar-refractivity contribution in [1.29, 1.82) is 0 Å². The van der Waals surface area contributed by atoms with Gasteiger partial charge in [0.2, 0.25) is 0 Å². The minimum Gasteiger partial charge on any atom is -0.497 e. The van der Waals surface area contributed by atoms with Gasteiger partial charge in [-0.3, -0.25) is 4.79 Å². The molecule has 5 nitrogen and oxygen atoms in total. The molecule has 0 saturated carbocycles. The smallest absolute Gasteiger partial charge is 0.254 e. The average Bonchev–Trinajstić information content (AvgIpc) is 2.69. The molecule has 1 saturated heterocycles. The quantitative estimate of drug-likeness (QED) is 0.805. The number of hydrogen-bond acceptors (Lipinski definition) is 3. The number of amides is 1. The maximum absolute atomic E-state index is 12.8. The fourth-order valence-electron chi connectivity index (χ4n) is 3.21. The molecule has 138 valence electrons. The summed E-state index contributed by atoms with van der Waals surface area (Å²) in [6, 6.07) is 13.8. The number of quaternary nitrogens is 1. The van der Waals surface area contributed by atoms with Crippen LogP contribution in [0.25, 0.3) is 0 Å². The highest BCUT2D eigenvalue weighted by Gasteiger charge is 2.25. The Morgan fingerprint density at radius 1 is 1.04 bits per heavy atom. The number of halogens is 1. The second-order valence-electron chi connectivity index (χ2n) is 6.45. The lowest BCUT2D eigenvalue weighted by Gasteiger charge is -2.32. The largest absolute Gasteiger partial charge is 0.497 e. The summed E-state index contributed by atoms with van der Waals surface area (Å²) in [6.45, 7) is 4.39. The van der Waals surface area contributed by atoms with Crippen LogP contribution in [0.2, 0.25) is 0 Å². The van der Waals surface area contributed by atoms with E-state index in [9.17, 15) is 4.79 Å². The van der Waals surface area contributed by atoms with Gasteiger partial charge in [0, 0.05) is 21.7 Å². The van der Waals surface area contributed by atoms with E-state index >= 15 is 0 Å². The number of benzene rings is 2. The first kappa shape index (κ1) is 18.7. The molecule has 0 aliphatic carbocycles. The first-order valence-electron chi connectivity index (χ1n) is 8.69. The van der Waals surface area contributed by atoms with Gasteiger partial charge >= 0.3 is 0 Å². The molecule has 0 aromatic heterocycles. The Morgan fingerprint density at radius 3 is 2.15 bits per heavy atom. The van der Waals surface area contributed by atoms with E-state index in [1.165, 1.54) is 10.5 Å². The number of nitrogens with one attached hydrogen (secondary N) is 1. The maximum Gasteiger partial charge on any atom is 0.254 e. The van der Waals surface area contributed by atoms with Crippen LogP contribution in [0.3, 0.4) is 0 Å². The zero-order chi connectivity index (χ0) is 18.5. The molecule has 0 unspecified atom stereocenters. The van der Waals surface area contributed by atoms with Crippen LogP contribution in [0.5, 0.6) is 11.5 Å². The van der Waals surface area contributed by atoms with Crippen LogP contribution in [0, 0.1) is 0 Å². The van der Waals surface area contributed by atoms with Crippen LogP contribution in [0.15, 0.2) is 46.9 Å². The lowest BCUT2D eigenvalue weighted by atomic mass is 10.1. The van der Waals surface area contributed by atoms with Crippen LogP contribution >= 0.6 is 15.9 Å². The number of hydrogen-bond donors (Lipinski definition) is 1. The van der Waals surface area contributed by atoms with Gasteiger partial charge in [-0.2, -0.15) is 0 Å². The molecule has 0 spiro atoms. The molecule has 1 amide bonds. The molecule has 1 aliphatic rings. The molecule has 26 heavy (non-hydrogen) atoms. The van der Waals surface area contributed by atoms with Gasteiger partial charge in [0.1, 0.15) is 18.0 Å². The van der Waals surface area contributed by atoms with Gasteiger partial charge in [-0.1, -0.05) is 28.1 Å². The second kappa shape index (κ2) is 8.56. The van der Waals surface area contributed by atoms with Gasteiger partial charge in [-0.25, -0.2) is 0 Å². The van der Waals surface area contributed by atoms with Gasteiger partial charge in [-0.05, 0) is 24.3 Å². The summed E-state index contributed by atoms with van der Waals surface area (Å²) in [5, 5.41) is 0. The van der Waals surface area contributed by atoms with Crippen molar-refractivity contribution in [2.45, 2.75) is 6.54 Å². The summed E-state index contributed by atoms with van der Waals surface area (Å²) in [6.07, 6.45) is 0. The molecule has 2 aromatic rings. The van der Waals surface area contributed by atoms with E-state index in [4.69, 9.17) is 9.47 Å². The van der Waals surface area contributed by atoms with E-state index < -0.39 is 0 Å². The lowest BCUT2D eigenvalue weighted by molar-refractivity contribution is -0.917. The minimum atomic E-state index is 0.0323. The number of piperazine rings is 1. The summed E-state index contributed by atoms with van der Waals surface area (Å²) >= 11 is 3.47. The third-order valence-electron chi connectivity index (χ3n) is 4.72. The summed E-state index contributed by atoms with van der Waals surface area (Å²) in [5.41, 5.74) is 1.93. The van der Waals surface area contributed by atoms with Gasteiger partial charge in [0.25, 0.3) is 5.91 Å². The van der Waals surface area contributed by atoms with Crippen LogP contribution in [-0.4, -0.2) is 51.2 Å². The highest BCUT2D eigenvalue weighted by molar-refractivity contribution is 9.10. The van der Waals surface area contributed by atoms with Crippen molar-refractivity contribution < 1.29 is 19.2 Å². The molecule has 0 radical (unpaired) electrons. The number of nitrogens with zero attached hydrogens (tertiary/aromatic N) is 1. The normalized spacial score (nSPS) is 15.0. The standard InChI is InChI=1S/C20H23BrN2O3/c1-25-18-11-16(12-19(13-18)26-2)20(24)23-9-7-22(8-10-23)14-15-3-5-17(21)6-4-15/h3-6,11-13H,7-10,14H2,1-2H3/p+1. The zero-order valence-electron chi connectivity index (χ0n) is 15.1. The predicted molar refractivity (Wildman–Crippen MR) is 104 cm³/mol. The molecule has 1 heterocycles. The summed E-state index contributed by atoms with van der Waals surface area (Å²) in [7, 11) is 3.18. The molecule has 6 heteroatoms. The Morgan fingerprint density at radius 2 is 1.62 bits per heavy atom. The molecule has 1 aliphatic heterocycles. The van der Waals surface area contributed by atoms with Crippen LogP contribution in [0.1, 0.15) is 15.9 Å². The van der Waals surface area contributed by atoms with Gasteiger partial charge in [0.15, 0.2) is 0 Å². The first-order valence-corrected chi connectivity index (χ1v) is 9.48. The third kappa shape index (κ3) is 4.56. The molecular weight excluding hydrogens is 396 g/mol. The van der Waals surface area contributed by atoms with Crippen molar-refractivity contribution in [2.75, 3.05) is 40.4 Å². The monoisotopic (exact) mass is 419 g/mol. The predicted octanol–water partition coefficient (Wildman–Crippen LogP) is 2.01. The Bertz CT molecular complexity index is 734. The van der Waals surface area contributed by atoms with Crippen molar-refractivity contribution in [3.8, 4) is 11.5 Å². The summed E-state index contributed by atoms with van der Waals surface area (Å²) < 4.78 is 11.6. The van der Waals surface area contributed by atoms with Crippen LogP contribution in [0.4, 0.5) is 0 Å². The van der Waals surface area contributed by atoms with Gasteiger partial charge in [0.05, 0.1) is 40.4 Å². The number of carbonyl (C=O) groups excluding carboxylic acids is 1. The SMILES string of the molecule is COc1cc(OC)cc(C(=O)N2CC[NH+](Cc3ccc(Br)cc3)CC2)c1. The van der Waals surface area contributed by atoms with Crippen molar-refractivity contribution >= 4 is 21.8 Å². The Kier molecular flexibility index (Phi) is 6.16. The van der Waals surface area contributed by atoms with E-state index in [1.54, 1.807) is 32.4 Å². The molecule has 2 aromatic carbocycles. The van der Waals surface area contributed by atoms with E-state index in [2.05, 4.69) is 40.2 Å². The maximum atomic E-state index is 12.8. The number of rotatable bonds is 5. The van der Waals surface area contributed by atoms with E-state index in [-0.39, 0.29) is 5.91 Å². The first-order chi connectivity index (χ1) is 12.6. The minimum absolute atomic E-state index is 0.0323. The molecule has 0 bridgehead atoms. The zero-order valence-corrected chi connectivity index (χ0v) is 16.7. The molecule has 3 rings (SSSR count). The molecule has 0 atom stereocenters. The number of carbonyl (C=O) groups is 1. The van der Waals surface area contributed by atoms with Crippen molar-refractivity contribution in [2.24, 2.45) is 0 Å². The third-order valence-corrected chi connectivity index (χ3v) is 5.25. The molecular formula is C20H24BrN2O3+. The second-order valence-corrected chi connectivity index (χ2v) is 7.36. The van der Waals surface area contributed by atoms with Crippen LogP contribution < -0.4 is 14.4 Å². The Balaban J connectivity index is 1.60. The Hall–Kier alpha value is -2.05. The van der Waals surface area contributed by atoms with E-state index in [1.807, 2.05) is 4.90 Å². The van der Waals surface area contributed by atoms with Crippen molar-refractivity contribution in [3.63, 3.8) is 0 Å². The highest BCUT2D eigenvalue weighted by Crippen LogP contribution is 2.23. The van der Waals surface area contributed by atoms with E-state index in [0.29, 0.717) is 17.1 Å². The van der Waals surface area contributed by atoms with E-state index in [0.717, 1.165) is 37.2 Å². The van der Waals surface area contributed by atoms with Crippen molar-refractivity contribution in [3.05, 3.63) is 58.1 Å². The summed E-state index contributed by atoms with van der Waals surface area (Å²) in [4.78, 5) is 16.3. The summed E-state index contributed by atoms with van der Waals surface area (Å²) in [5.74, 6) is 1.30. The fraction of sp³-hybridized carbons (Fsp3) is 0.350. The van der Waals surface area contributed by atoms with Crippen molar-refractivity contribution in [1.82, 2.24) is 4.90 Å². The van der Waals surface area contributed by atoms with Gasteiger partial charge in [-0.15, -0.1) is 0 Å². The lowest BCUT2D eigenvalue weighted by Crippen LogP contribution is -3.13. The number of ether oxygens (including phenoxy) is 2. The number of methoxy groups -OCH3 is 2. The highest BCUT2D eigenvalue weighted by atomic mass is 79.9. The Labute approximate surface area is 162 Å². The molecule has 1 fully saturated rings. The topological polar surface area (TPSA) is 43.2 Å². The molecule has 1 N–H and O–H groups in total. The van der Waals surface area contributed by atoms with Crippen LogP contribution in [-0.2, 0) is 6.54 Å². The fourth-order valence-corrected chi connectivity index (χ4v) is 3.47.